The van der Waals surface area contributed by atoms with Crippen molar-refractivity contribution in [2.75, 3.05) is 12.4 Å². The van der Waals surface area contributed by atoms with E-state index in [1.54, 1.807) is 6.07 Å². The summed E-state index contributed by atoms with van der Waals surface area (Å²) in [6, 6.07) is 8.65. The van der Waals surface area contributed by atoms with E-state index in [2.05, 4.69) is 15.5 Å². The van der Waals surface area contributed by atoms with E-state index in [1.165, 1.54) is 32.1 Å². The summed E-state index contributed by atoms with van der Waals surface area (Å²) in [5.74, 6) is 0.894. The van der Waals surface area contributed by atoms with Crippen LogP contribution in [0.15, 0.2) is 30.3 Å². The molecule has 4 nitrogen and oxygen atoms in total. The Balaban J connectivity index is 1.88. The molecule has 5 heteroatoms. The molecular formula is C14H14FN3O. The van der Waals surface area contributed by atoms with Gasteiger partial charge in [0.25, 0.3) is 0 Å². The Kier molecular flexibility index (Phi) is 3.03. The van der Waals surface area contributed by atoms with E-state index >= 15 is 0 Å². The minimum Gasteiger partial charge on any atom is -0.496 e. The molecule has 0 unspecified atom stereocenters. The number of benzene rings is 1. The number of hydrogen-bond donors (Lipinski definition) is 1. The van der Waals surface area contributed by atoms with Gasteiger partial charge in [0.15, 0.2) is 0 Å². The Hall–Kier alpha value is -2.17. The van der Waals surface area contributed by atoms with Gasteiger partial charge in [-0.15, -0.1) is 10.2 Å². The summed E-state index contributed by atoms with van der Waals surface area (Å²) in [6.45, 7) is 0. The van der Waals surface area contributed by atoms with E-state index < -0.39 is 0 Å². The fraction of sp³-hybridized carbons (Fsp3) is 0.286. The van der Waals surface area contributed by atoms with Crippen molar-refractivity contribution in [2.24, 2.45) is 0 Å². The zero-order valence-electron chi connectivity index (χ0n) is 10.6. The molecule has 0 bridgehead atoms. The van der Waals surface area contributed by atoms with Crippen molar-refractivity contribution in [3.63, 3.8) is 0 Å². The van der Waals surface area contributed by atoms with Crippen molar-refractivity contribution in [3.8, 4) is 17.0 Å². The Morgan fingerprint density at radius 1 is 1.21 bits per heavy atom. The smallest absolute Gasteiger partial charge is 0.148 e. The van der Waals surface area contributed by atoms with Gasteiger partial charge < -0.3 is 10.1 Å². The second kappa shape index (κ2) is 4.84. The predicted octanol–water partition coefficient (Wildman–Crippen LogP) is 2.87. The number of anilines is 1. The Bertz CT molecular complexity index is 582. The molecule has 2 aromatic rings. The summed E-state index contributed by atoms with van der Waals surface area (Å²) in [5, 5.41) is 11.5. The van der Waals surface area contributed by atoms with Crippen LogP contribution in [0.5, 0.6) is 5.75 Å². The van der Waals surface area contributed by atoms with Gasteiger partial charge in [0.05, 0.1) is 12.8 Å². The normalized spacial score (nSPS) is 14.2. The van der Waals surface area contributed by atoms with Gasteiger partial charge in [-0.3, -0.25) is 0 Å². The lowest BCUT2D eigenvalue weighted by Gasteiger charge is -2.08. The highest BCUT2D eigenvalue weighted by atomic mass is 19.1. The van der Waals surface area contributed by atoms with E-state index in [4.69, 9.17) is 4.74 Å². The highest BCUT2D eigenvalue weighted by molar-refractivity contribution is 5.67. The maximum Gasteiger partial charge on any atom is 0.148 e. The lowest BCUT2D eigenvalue weighted by atomic mass is 10.1. The minimum absolute atomic E-state index is 0.333. The van der Waals surface area contributed by atoms with Crippen LogP contribution in [-0.2, 0) is 0 Å². The fourth-order valence-corrected chi connectivity index (χ4v) is 1.87. The molecule has 0 aliphatic heterocycles. The number of nitrogens with one attached hydrogen (secondary N) is 1. The highest BCUT2D eigenvalue weighted by Crippen LogP contribution is 2.29. The van der Waals surface area contributed by atoms with Gasteiger partial charge in [-0.1, -0.05) is 0 Å². The van der Waals surface area contributed by atoms with Crippen LogP contribution in [0.2, 0.25) is 0 Å². The molecule has 1 aromatic heterocycles. The third-order valence-corrected chi connectivity index (χ3v) is 3.03. The van der Waals surface area contributed by atoms with Gasteiger partial charge in [-0.05, 0) is 37.1 Å². The summed E-state index contributed by atoms with van der Waals surface area (Å²) in [4.78, 5) is 0. The number of methoxy groups -OCH3 is 1. The van der Waals surface area contributed by atoms with Gasteiger partial charge in [0.1, 0.15) is 17.4 Å². The molecule has 0 atom stereocenters. The third kappa shape index (κ3) is 2.65. The molecule has 98 valence electrons. The van der Waals surface area contributed by atoms with Crippen molar-refractivity contribution in [3.05, 3.63) is 36.1 Å². The second-order valence-electron chi connectivity index (χ2n) is 4.57. The summed E-state index contributed by atoms with van der Waals surface area (Å²) < 4.78 is 18.3. The van der Waals surface area contributed by atoms with Crippen LogP contribution in [0.25, 0.3) is 11.3 Å². The molecule has 0 spiro atoms. The first-order valence-electron chi connectivity index (χ1n) is 6.20. The Morgan fingerprint density at radius 3 is 2.68 bits per heavy atom. The zero-order valence-corrected chi connectivity index (χ0v) is 10.6. The quantitative estimate of drug-likeness (QED) is 0.917. The van der Waals surface area contributed by atoms with Crippen LogP contribution in [0, 0.1) is 5.82 Å². The number of halogens is 1. The monoisotopic (exact) mass is 259 g/mol. The van der Waals surface area contributed by atoms with Gasteiger partial charge >= 0.3 is 0 Å². The molecule has 0 saturated heterocycles. The molecule has 1 aliphatic carbocycles. The molecule has 1 N–H and O–H groups in total. The lowest BCUT2D eigenvalue weighted by molar-refractivity contribution is 0.413. The molecule has 1 aromatic carbocycles. The SMILES string of the molecule is COc1cc(F)ccc1-c1ccc(NC2CC2)nn1. The molecule has 0 radical (unpaired) electrons. The van der Waals surface area contributed by atoms with E-state index in [0.717, 1.165) is 11.4 Å². The molecule has 1 fully saturated rings. The Labute approximate surface area is 110 Å². The first kappa shape index (κ1) is 11.9. The number of nitrogens with zero attached hydrogens (tertiary/aromatic N) is 2. The topological polar surface area (TPSA) is 47.0 Å². The third-order valence-electron chi connectivity index (χ3n) is 3.03. The molecule has 1 heterocycles. The predicted molar refractivity (Wildman–Crippen MR) is 70.6 cm³/mol. The first-order chi connectivity index (χ1) is 9.26. The summed E-state index contributed by atoms with van der Waals surface area (Å²) in [5.41, 5.74) is 1.40. The zero-order chi connectivity index (χ0) is 13.2. The summed E-state index contributed by atoms with van der Waals surface area (Å²) >= 11 is 0. The highest BCUT2D eigenvalue weighted by Gasteiger charge is 2.21. The van der Waals surface area contributed by atoms with Crippen LogP contribution in [-0.4, -0.2) is 23.3 Å². The maximum atomic E-state index is 13.1. The van der Waals surface area contributed by atoms with Crippen molar-refractivity contribution in [1.82, 2.24) is 10.2 Å². The van der Waals surface area contributed by atoms with Crippen molar-refractivity contribution < 1.29 is 9.13 Å². The van der Waals surface area contributed by atoms with Crippen LogP contribution in [0.1, 0.15) is 12.8 Å². The molecule has 1 saturated carbocycles. The number of hydrogen-bond acceptors (Lipinski definition) is 4. The number of aromatic nitrogens is 2. The van der Waals surface area contributed by atoms with Crippen LogP contribution >= 0.6 is 0 Å². The second-order valence-corrected chi connectivity index (χ2v) is 4.57. The number of ether oxygens (including phenoxy) is 1. The number of rotatable bonds is 4. The van der Waals surface area contributed by atoms with E-state index in [9.17, 15) is 4.39 Å². The summed E-state index contributed by atoms with van der Waals surface area (Å²) in [6.07, 6.45) is 2.38. The average molecular weight is 259 g/mol. The van der Waals surface area contributed by atoms with E-state index in [-0.39, 0.29) is 5.82 Å². The van der Waals surface area contributed by atoms with Gasteiger partial charge in [0, 0.05) is 17.7 Å². The fourth-order valence-electron chi connectivity index (χ4n) is 1.87. The van der Waals surface area contributed by atoms with Crippen LogP contribution < -0.4 is 10.1 Å². The molecule has 19 heavy (non-hydrogen) atoms. The van der Waals surface area contributed by atoms with Gasteiger partial charge in [-0.2, -0.15) is 0 Å². The first-order valence-corrected chi connectivity index (χ1v) is 6.20. The van der Waals surface area contributed by atoms with Crippen LogP contribution in [0.3, 0.4) is 0 Å². The largest absolute Gasteiger partial charge is 0.496 e. The van der Waals surface area contributed by atoms with Crippen molar-refractivity contribution in [1.29, 1.82) is 0 Å². The van der Waals surface area contributed by atoms with E-state index in [0.29, 0.717) is 17.5 Å². The Morgan fingerprint density at radius 2 is 2.05 bits per heavy atom. The maximum absolute atomic E-state index is 13.1. The van der Waals surface area contributed by atoms with Gasteiger partial charge in [-0.25, -0.2) is 4.39 Å². The lowest BCUT2D eigenvalue weighted by Crippen LogP contribution is -2.04. The summed E-state index contributed by atoms with van der Waals surface area (Å²) in [7, 11) is 1.51. The molecule has 3 rings (SSSR count). The van der Waals surface area contributed by atoms with Crippen LogP contribution in [0.4, 0.5) is 10.2 Å². The van der Waals surface area contributed by atoms with Crippen molar-refractivity contribution >= 4 is 5.82 Å². The average Bonchev–Trinajstić information content (AvgIpc) is 3.24. The molecule has 0 amide bonds. The molecule has 1 aliphatic rings. The molecular weight excluding hydrogens is 245 g/mol. The van der Waals surface area contributed by atoms with Gasteiger partial charge in [0.2, 0.25) is 0 Å². The minimum atomic E-state index is -0.333. The van der Waals surface area contributed by atoms with E-state index in [1.807, 2.05) is 12.1 Å². The standard InChI is InChI=1S/C14H14FN3O/c1-19-13-8-9(15)2-5-11(13)12-6-7-14(18-17-12)16-10-3-4-10/h2,5-8,10H,3-4H2,1H3,(H,16,18). The van der Waals surface area contributed by atoms with Crippen molar-refractivity contribution in [2.45, 2.75) is 18.9 Å².